The SMILES string of the molecule is Cl.N[C@H](c1cc2c(cc1Br)OCO2)[C@@H](O)C1CCC1. The van der Waals surface area contributed by atoms with Crippen molar-refractivity contribution in [2.75, 3.05) is 6.79 Å². The van der Waals surface area contributed by atoms with E-state index < -0.39 is 6.10 Å². The molecule has 0 spiro atoms. The zero-order valence-electron chi connectivity index (χ0n) is 10.3. The van der Waals surface area contributed by atoms with Gasteiger partial charge in [0.15, 0.2) is 11.5 Å². The summed E-state index contributed by atoms with van der Waals surface area (Å²) in [4.78, 5) is 0. The van der Waals surface area contributed by atoms with Gasteiger partial charge in [-0.1, -0.05) is 22.4 Å². The Labute approximate surface area is 126 Å². The van der Waals surface area contributed by atoms with Gasteiger partial charge in [0.05, 0.1) is 12.1 Å². The summed E-state index contributed by atoms with van der Waals surface area (Å²) in [5.41, 5.74) is 7.04. The van der Waals surface area contributed by atoms with E-state index in [-0.39, 0.29) is 25.2 Å². The number of hydrogen-bond donors (Lipinski definition) is 2. The van der Waals surface area contributed by atoms with Crippen molar-refractivity contribution < 1.29 is 14.6 Å². The minimum absolute atomic E-state index is 0. The molecule has 2 aliphatic rings. The molecule has 1 aromatic rings. The van der Waals surface area contributed by atoms with Crippen molar-refractivity contribution in [1.29, 1.82) is 0 Å². The normalized spacial score (nSPS) is 20.4. The number of aliphatic hydroxyl groups is 1. The monoisotopic (exact) mass is 349 g/mol. The number of fused-ring (bicyclic) bond motifs is 1. The van der Waals surface area contributed by atoms with E-state index in [0.29, 0.717) is 11.7 Å². The minimum atomic E-state index is -0.490. The lowest BCUT2D eigenvalue weighted by Gasteiger charge is -2.34. The summed E-state index contributed by atoms with van der Waals surface area (Å²) in [6.07, 6.45) is 2.83. The summed E-state index contributed by atoms with van der Waals surface area (Å²) in [5.74, 6) is 1.75. The zero-order valence-corrected chi connectivity index (χ0v) is 12.7. The maximum atomic E-state index is 10.2. The molecule has 1 saturated carbocycles. The maximum Gasteiger partial charge on any atom is 0.231 e. The molecule has 2 atom stereocenters. The molecule has 1 aromatic carbocycles. The zero-order chi connectivity index (χ0) is 12.7. The minimum Gasteiger partial charge on any atom is -0.454 e. The topological polar surface area (TPSA) is 64.7 Å². The van der Waals surface area contributed by atoms with Gasteiger partial charge in [-0.15, -0.1) is 12.4 Å². The number of hydrogen-bond acceptors (Lipinski definition) is 4. The number of aliphatic hydroxyl groups excluding tert-OH is 1. The van der Waals surface area contributed by atoms with Crippen LogP contribution < -0.4 is 15.2 Å². The molecule has 3 rings (SSSR count). The highest BCUT2D eigenvalue weighted by Gasteiger charge is 2.32. The number of nitrogens with two attached hydrogens (primary N) is 1. The number of benzene rings is 1. The summed E-state index contributed by atoms with van der Waals surface area (Å²) in [6, 6.07) is 3.32. The van der Waals surface area contributed by atoms with Crippen LogP contribution in [0, 0.1) is 5.92 Å². The Bertz CT molecular complexity index is 467. The van der Waals surface area contributed by atoms with Crippen LogP contribution in [-0.4, -0.2) is 18.0 Å². The van der Waals surface area contributed by atoms with Crippen molar-refractivity contribution in [3.05, 3.63) is 22.2 Å². The van der Waals surface area contributed by atoms with Gasteiger partial charge in [-0.25, -0.2) is 0 Å². The van der Waals surface area contributed by atoms with Crippen molar-refractivity contribution in [3.8, 4) is 11.5 Å². The predicted molar refractivity (Wildman–Crippen MR) is 77.8 cm³/mol. The van der Waals surface area contributed by atoms with Gasteiger partial charge in [0.25, 0.3) is 0 Å². The Morgan fingerprint density at radius 2 is 1.89 bits per heavy atom. The van der Waals surface area contributed by atoms with E-state index in [1.807, 2.05) is 12.1 Å². The fraction of sp³-hybridized carbons (Fsp3) is 0.538. The van der Waals surface area contributed by atoms with Crippen molar-refractivity contribution in [1.82, 2.24) is 0 Å². The van der Waals surface area contributed by atoms with Crippen LogP contribution in [0.2, 0.25) is 0 Å². The fourth-order valence-electron chi connectivity index (χ4n) is 2.45. The second-order valence-electron chi connectivity index (χ2n) is 4.93. The highest BCUT2D eigenvalue weighted by molar-refractivity contribution is 9.10. The molecule has 0 saturated heterocycles. The van der Waals surface area contributed by atoms with Crippen LogP contribution >= 0.6 is 28.3 Å². The summed E-state index contributed by atoms with van der Waals surface area (Å²) in [7, 11) is 0. The van der Waals surface area contributed by atoms with Crippen molar-refractivity contribution in [2.45, 2.75) is 31.4 Å². The van der Waals surface area contributed by atoms with Crippen molar-refractivity contribution in [3.63, 3.8) is 0 Å². The van der Waals surface area contributed by atoms with Gasteiger partial charge in [-0.3, -0.25) is 0 Å². The van der Waals surface area contributed by atoms with E-state index in [1.54, 1.807) is 0 Å². The van der Waals surface area contributed by atoms with E-state index in [4.69, 9.17) is 15.2 Å². The summed E-state index contributed by atoms with van der Waals surface area (Å²) >= 11 is 3.48. The highest BCUT2D eigenvalue weighted by Crippen LogP contribution is 2.41. The first-order valence-electron chi connectivity index (χ1n) is 6.19. The first-order valence-corrected chi connectivity index (χ1v) is 6.99. The third kappa shape index (κ3) is 2.70. The molecule has 1 fully saturated rings. The van der Waals surface area contributed by atoms with Crippen LogP contribution in [-0.2, 0) is 0 Å². The first-order chi connectivity index (χ1) is 8.66. The predicted octanol–water partition coefficient (Wildman–Crippen LogP) is 2.76. The third-order valence-corrected chi connectivity index (χ3v) is 4.54. The van der Waals surface area contributed by atoms with Crippen molar-refractivity contribution in [2.24, 2.45) is 11.7 Å². The lowest BCUT2D eigenvalue weighted by Crippen LogP contribution is -2.36. The Kier molecular flexibility index (Phi) is 4.61. The average molecular weight is 351 g/mol. The van der Waals surface area contributed by atoms with Gasteiger partial charge in [-0.2, -0.15) is 0 Å². The lowest BCUT2D eigenvalue weighted by molar-refractivity contribution is 0.0411. The second-order valence-corrected chi connectivity index (χ2v) is 5.79. The van der Waals surface area contributed by atoms with Crippen LogP contribution in [0.4, 0.5) is 0 Å². The molecular weight excluding hydrogens is 334 g/mol. The maximum absolute atomic E-state index is 10.2. The second kappa shape index (κ2) is 5.87. The first kappa shape index (κ1) is 14.9. The van der Waals surface area contributed by atoms with E-state index in [9.17, 15) is 5.11 Å². The molecule has 3 N–H and O–H groups in total. The molecule has 1 aliphatic heterocycles. The molecule has 0 aromatic heterocycles. The van der Waals surface area contributed by atoms with E-state index in [2.05, 4.69) is 15.9 Å². The molecule has 6 heteroatoms. The van der Waals surface area contributed by atoms with Crippen LogP contribution in [0.3, 0.4) is 0 Å². The molecular formula is C13H17BrClNO3. The molecule has 0 bridgehead atoms. The fourth-order valence-corrected chi connectivity index (χ4v) is 3.03. The van der Waals surface area contributed by atoms with Crippen LogP contribution in [0.15, 0.2) is 16.6 Å². The summed E-state index contributed by atoms with van der Waals surface area (Å²) in [5, 5.41) is 10.2. The van der Waals surface area contributed by atoms with Crippen LogP contribution in [0.1, 0.15) is 30.9 Å². The molecule has 1 heterocycles. The van der Waals surface area contributed by atoms with Gasteiger partial charge < -0.3 is 20.3 Å². The van der Waals surface area contributed by atoms with Crippen molar-refractivity contribution >= 4 is 28.3 Å². The summed E-state index contributed by atoms with van der Waals surface area (Å²) < 4.78 is 11.5. The molecule has 1 aliphatic carbocycles. The molecule has 0 radical (unpaired) electrons. The average Bonchev–Trinajstić information content (AvgIpc) is 2.71. The van der Waals surface area contributed by atoms with Gasteiger partial charge >= 0.3 is 0 Å². The van der Waals surface area contributed by atoms with E-state index in [1.165, 1.54) is 6.42 Å². The Balaban J connectivity index is 0.00000133. The largest absolute Gasteiger partial charge is 0.454 e. The Hall–Kier alpha value is -0.490. The standard InChI is InChI=1S/C13H16BrNO3.ClH/c14-9-5-11-10(17-6-18-11)4-8(9)12(15)13(16)7-2-1-3-7;/h4-5,7,12-13,16H,1-3,6,15H2;1H/t12-,13+;/m1./s1. The van der Waals surface area contributed by atoms with Crippen LogP contribution in [0.25, 0.3) is 0 Å². The molecule has 0 amide bonds. The number of rotatable bonds is 3. The van der Waals surface area contributed by atoms with E-state index in [0.717, 1.165) is 28.6 Å². The summed E-state index contributed by atoms with van der Waals surface area (Å²) in [6.45, 7) is 0.242. The quantitative estimate of drug-likeness (QED) is 0.880. The van der Waals surface area contributed by atoms with Gasteiger partial charge in [0.2, 0.25) is 6.79 Å². The van der Waals surface area contributed by atoms with Crippen LogP contribution in [0.5, 0.6) is 11.5 Å². The highest BCUT2D eigenvalue weighted by atomic mass is 79.9. The van der Waals surface area contributed by atoms with Gasteiger partial charge in [0.1, 0.15) is 0 Å². The van der Waals surface area contributed by atoms with Gasteiger partial charge in [0, 0.05) is 4.47 Å². The smallest absolute Gasteiger partial charge is 0.231 e. The molecule has 0 unspecified atom stereocenters. The Morgan fingerprint density at radius 3 is 2.47 bits per heavy atom. The third-order valence-electron chi connectivity index (χ3n) is 3.85. The molecule has 19 heavy (non-hydrogen) atoms. The van der Waals surface area contributed by atoms with Gasteiger partial charge in [-0.05, 0) is 36.5 Å². The number of halogens is 2. The Morgan fingerprint density at radius 1 is 1.26 bits per heavy atom. The van der Waals surface area contributed by atoms with E-state index >= 15 is 0 Å². The molecule has 4 nitrogen and oxygen atoms in total. The lowest BCUT2D eigenvalue weighted by atomic mass is 9.77. The number of ether oxygens (including phenoxy) is 2. The molecule has 106 valence electrons.